The smallest absolute Gasteiger partial charge is 0.0865 e. The molecule has 0 amide bonds. The van der Waals surface area contributed by atoms with Crippen LogP contribution in [0.25, 0.3) is 0 Å². The highest BCUT2D eigenvalue weighted by molar-refractivity contribution is 5.31. The molecule has 6 aliphatic rings. The molecule has 1 saturated heterocycles. The second-order valence-electron chi connectivity index (χ2n) is 15.7. The van der Waals surface area contributed by atoms with E-state index >= 15 is 0 Å². The number of hydrogen-bond donors (Lipinski definition) is 3. The van der Waals surface area contributed by atoms with Gasteiger partial charge in [0.15, 0.2) is 0 Å². The van der Waals surface area contributed by atoms with Gasteiger partial charge in [-0.15, -0.1) is 0 Å². The van der Waals surface area contributed by atoms with Crippen LogP contribution in [0.15, 0.2) is 0 Å². The number of aliphatic hydroxyl groups is 3. The van der Waals surface area contributed by atoms with Gasteiger partial charge in [0.25, 0.3) is 0 Å². The Labute approximate surface area is 207 Å². The van der Waals surface area contributed by atoms with Crippen molar-refractivity contribution >= 4 is 0 Å². The minimum Gasteiger partial charge on any atom is -0.393 e. The number of aliphatic hydroxyl groups excluding tert-OH is 2. The first kappa shape index (κ1) is 24.2. The van der Waals surface area contributed by atoms with Crippen molar-refractivity contribution in [2.75, 3.05) is 0 Å². The maximum absolute atomic E-state index is 11.7. The zero-order valence-electron chi connectivity index (χ0n) is 22.8. The van der Waals surface area contributed by atoms with Gasteiger partial charge < -0.3 is 20.1 Å². The van der Waals surface area contributed by atoms with Crippen molar-refractivity contribution in [1.82, 2.24) is 0 Å². The Balaban J connectivity index is 1.34. The van der Waals surface area contributed by atoms with Crippen molar-refractivity contribution in [3.63, 3.8) is 0 Å². The normalized spacial score (nSPS) is 60.2. The minimum atomic E-state index is -0.848. The molecule has 0 aromatic carbocycles. The molecular formula is C30H50O4. The van der Waals surface area contributed by atoms with E-state index in [1.54, 1.807) is 0 Å². The summed E-state index contributed by atoms with van der Waals surface area (Å²) < 4.78 is 6.68. The molecule has 6 rings (SSSR count). The topological polar surface area (TPSA) is 69.9 Å². The highest BCUT2D eigenvalue weighted by Gasteiger charge is 2.83. The quantitative estimate of drug-likeness (QED) is 0.497. The Morgan fingerprint density at radius 1 is 0.765 bits per heavy atom. The lowest BCUT2D eigenvalue weighted by Crippen LogP contribution is -2.59. The number of ether oxygens (including phenoxy) is 1. The van der Waals surface area contributed by atoms with Crippen molar-refractivity contribution in [3.8, 4) is 0 Å². The van der Waals surface area contributed by atoms with E-state index in [1.165, 1.54) is 38.5 Å². The van der Waals surface area contributed by atoms with Crippen molar-refractivity contribution in [2.45, 2.75) is 142 Å². The number of rotatable bonds is 2. The monoisotopic (exact) mass is 474 g/mol. The fourth-order valence-electron chi connectivity index (χ4n) is 12.1. The summed E-state index contributed by atoms with van der Waals surface area (Å²) in [6.07, 6.45) is 10.5. The zero-order chi connectivity index (χ0) is 24.7. The van der Waals surface area contributed by atoms with Crippen LogP contribution in [0.1, 0.15) is 113 Å². The van der Waals surface area contributed by atoms with Gasteiger partial charge >= 0.3 is 0 Å². The van der Waals surface area contributed by atoms with E-state index in [-0.39, 0.29) is 46.1 Å². The summed E-state index contributed by atoms with van der Waals surface area (Å²) in [6.45, 7) is 15.6. The Hall–Kier alpha value is -0.160. The van der Waals surface area contributed by atoms with Crippen molar-refractivity contribution < 1.29 is 20.1 Å². The molecule has 1 heterocycles. The number of fused-ring (bicyclic) bond motifs is 2. The SMILES string of the molecule is CC(C)(O)[C@@H]1CC[C@](C)([C@H]2[C@@H](O)C[C@@]3(C)[C@@H]4CC[C@H]5C(C)(C)[C@@H](O)CC[C@@]56C[C@@]46CC[C@]23C)O1. The summed E-state index contributed by atoms with van der Waals surface area (Å²) in [5.41, 5.74) is -0.205. The Bertz CT molecular complexity index is 878. The third-order valence-corrected chi connectivity index (χ3v) is 13.8. The Morgan fingerprint density at radius 3 is 2.06 bits per heavy atom. The van der Waals surface area contributed by atoms with Gasteiger partial charge in [0, 0.05) is 5.92 Å². The lowest BCUT2D eigenvalue weighted by Gasteiger charge is -2.63. The molecule has 2 spiro atoms. The molecule has 34 heavy (non-hydrogen) atoms. The van der Waals surface area contributed by atoms with Gasteiger partial charge in [0.05, 0.1) is 29.5 Å². The maximum Gasteiger partial charge on any atom is 0.0865 e. The van der Waals surface area contributed by atoms with Crippen LogP contribution in [0.2, 0.25) is 0 Å². The second kappa shape index (κ2) is 6.63. The molecule has 0 aromatic heterocycles. The fourth-order valence-corrected chi connectivity index (χ4v) is 12.1. The minimum absolute atomic E-state index is 0.0172. The average molecular weight is 475 g/mol. The van der Waals surface area contributed by atoms with E-state index in [0.717, 1.165) is 25.7 Å². The van der Waals surface area contributed by atoms with E-state index in [9.17, 15) is 15.3 Å². The Kier molecular flexibility index (Phi) is 4.72. The summed E-state index contributed by atoms with van der Waals surface area (Å²) in [4.78, 5) is 0. The Morgan fingerprint density at radius 2 is 1.41 bits per heavy atom. The van der Waals surface area contributed by atoms with Gasteiger partial charge in [-0.3, -0.25) is 0 Å². The van der Waals surface area contributed by atoms with Crippen LogP contribution in [-0.2, 0) is 4.74 Å². The lowest BCUT2D eigenvalue weighted by molar-refractivity contribution is -0.195. The molecule has 5 saturated carbocycles. The molecule has 0 radical (unpaired) electrons. The molecule has 0 unspecified atom stereocenters. The third kappa shape index (κ3) is 2.60. The first-order chi connectivity index (χ1) is 15.6. The molecule has 4 heteroatoms. The first-order valence-electron chi connectivity index (χ1n) is 14.3. The van der Waals surface area contributed by atoms with E-state index in [2.05, 4.69) is 34.6 Å². The van der Waals surface area contributed by atoms with Gasteiger partial charge in [-0.1, -0.05) is 27.7 Å². The average Bonchev–Trinajstić information content (AvgIpc) is 3.11. The summed E-state index contributed by atoms with van der Waals surface area (Å²) in [5, 5.41) is 33.3. The molecule has 194 valence electrons. The van der Waals surface area contributed by atoms with E-state index in [4.69, 9.17) is 4.74 Å². The van der Waals surface area contributed by atoms with Crippen molar-refractivity contribution in [2.24, 2.45) is 44.8 Å². The van der Waals surface area contributed by atoms with Crippen LogP contribution < -0.4 is 0 Å². The summed E-state index contributed by atoms with van der Waals surface area (Å²) in [6, 6.07) is 0. The highest BCUT2D eigenvalue weighted by Crippen LogP contribution is 2.89. The molecule has 3 N–H and O–H groups in total. The van der Waals surface area contributed by atoms with Gasteiger partial charge in [-0.05, 0) is 124 Å². The molecule has 0 bridgehead atoms. The first-order valence-corrected chi connectivity index (χ1v) is 14.3. The molecule has 4 nitrogen and oxygen atoms in total. The summed E-state index contributed by atoms with van der Waals surface area (Å²) >= 11 is 0. The maximum atomic E-state index is 11.7. The zero-order valence-corrected chi connectivity index (χ0v) is 22.8. The molecular weight excluding hydrogens is 424 g/mol. The van der Waals surface area contributed by atoms with Gasteiger partial charge in [0.2, 0.25) is 0 Å². The van der Waals surface area contributed by atoms with E-state index in [1.807, 2.05) is 13.8 Å². The van der Waals surface area contributed by atoms with Crippen molar-refractivity contribution in [3.05, 3.63) is 0 Å². The summed E-state index contributed by atoms with van der Waals surface area (Å²) in [5.74, 6) is 1.42. The van der Waals surface area contributed by atoms with Crippen molar-refractivity contribution in [1.29, 1.82) is 0 Å². The highest BCUT2D eigenvalue weighted by atomic mass is 16.5. The molecule has 1 aliphatic heterocycles. The predicted molar refractivity (Wildman–Crippen MR) is 133 cm³/mol. The van der Waals surface area contributed by atoms with Gasteiger partial charge in [-0.2, -0.15) is 0 Å². The molecule has 11 atom stereocenters. The van der Waals surface area contributed by atoms with Crippen LogP contribution in [-0.4, -0.2) is 44.8 Å². The van der Waals surface area contributed by atoms with E-state index < -0.39 is 5.60 Å². The van der Waals surface area contributed by atoms with Crippen LogP contribution in [0.3, 0.4) is 0 Å². The molecule has 6 fully saturated rings. The van der Waals surface area contributed by atoms with E-state index in [0.29, 0.717) is 22.7 Å². The standard InChI is InChI=1S/C30H50O4/c1-24(2)19-8-9-20-27(6)16-18(31)23(28(7)12-11-22(34-28)25(3,4)33)26(27,5)14-15-30(20)17-29(19,30)13-10-21(24)32/h18-23,31-33H,8-17H2,1-7H3/t18-,19-,20-,21-,22-,23-,26+,27-,28+,29+,30-/m0/s1. The van der Waals surface area contributed by atoms with Crippen LogP contribution in [0.5, 0.6) is 0 Å². The molecule has 0 aromatic rings. The van der Waals surface area contributed by atoms with Crippen LogP contribution in [0.4, 0.5) is 0 Å². The third-order valence-electron chi connectivity index (χ3n) is 13.8. The fraction of sp³-hybridized carbons (Fsp3) is 1.00. The van der Waals surface area contributed by atoms with Gasteiger partial charge in [-0.25, -0.2) is 0 Å². The van der Waals surface area contributed by atoms with Crippen LogP contribution in [0, 0.1) is 44.8 Å². The lowest BCUT2D eigenvalue weighted by atomic mass is 9.41. The second-order valence-corrected chi connectivity index (χ2v) is 15.7. The predicted octanol–water partition coefficient (Wildman–Crippen LogP) is 5.47. The largest absolute Gasteiger partial charge is 0.393 e. The number of hydrogen-bond acceptors (Lipinski definition) is 4. The van der Waals surface area contributed by atoms with Crippen LogP contribution >= 0.6 is 0 Å². The molecule has 5 aliphatic carbocycles. The summed E-state index contributed by atoms with van der Waals surface area (Å²) in [7, 11) is 0. The van der Waals surface area contributed by atoms with Gasteiger partial charge in [0.1, 0.15) is 0 Å².